The smallest absolute Gasteiger partial charge is 0.297 e. The van der Waals surface area contributed by atoms with Crippen LogP contribution in [0.15, 0.2) is 38.3 Å². The molecule has 0 bridgehead atoms. The molecule has 2 aromatic rings. The van der Waals surface area contributed by atoms with Crippen LogP contribution in [0.1, 0.15) is 12.8 Å². The van der Waals surface area contributed by atoms with Crippen LogP contribution < -0.4 is 11.2 Å². The SMILES string of the molecule is O=c1[nH]c(Cl)c(-c2ccc(Br)cc2)c(=O)n1CC1CC1. The van der Waals surface area contributed by atoms with Crippen LogP contribution in [-0.2, 0) is 6.54 Å². The molecule has 1 fully saturated rings. The van der Waals surface area contributed by atoms with E-state index >= 15 is 0 Å². The van der Waals surface area contributed by atoms with Crippen LogP contribution in [0.5, 0.6) is 0 Å². The molecule has 1 aromatic heterocycles. The maximum atomic E-state index is 12.5. The van der Waals surface area contributed by atoms with Gasteiger partial charge in [-0.15, -0.1) is 0 Å². The van der Waals surface area contributed by atoms with E-state index < -0.39 is 5.69 Å². The van der Waals surface area contributed by atoms with Crippen molar-refractivity contribution in [2.75, 3.05) is 0 Å². The minimum atomic E-state index is -0.437. The van der Waals surface area contributed by atoms with Crippen molar-refractivity contribution >= 4 is 27.5 Å². The summed E-state index contributed by atoms with van der Waals surface area (Å²) < 4.78 is 2.17. The number of benzene rings is 1. The molecule has 1 saturated carbocycles. The molecule has 4 nitrogen and oxygen atoms in total. The molecule has 0 amide bonds. The lowest BCUT2D eigenvalue weighted by Gasteiger charge is -2.08. The van der Waals surface area contributed by atoms with Gasteiger partial charge in [0.1, 0.15) is 5.15 Å². The van der Waals surface area contributed by atoms with Gasteiger partial charge in [-0.05, 0) is 36.5 Å². The zero-order chi connectivity index (χ0) is 14.3. The molecule has 6 heteroatoms. The number of halogens is 2. The lowest BCUT2D eigenvalue weighted by atomic mass is 10.1. The molecule has 1 heterocycles. The second-order valence-electron chi connectivity index (χ2n) is 4.99. The van der Waals surface area contributed by atoms with Gasteiger partial charge in [-0.25, -0.2) is 4.79 Å². The summed E-state index contributed by atoms with van der Waals surface area (Å²) >= 11 is 9.40. The third-order valence-corrected chi connectivity index (χ3v) is 4.22. The summed E-state index contributed by atoms with van der Waals surface area (Å²) in [7, 11) is 0. The highest BCUT2D eigenvalue weighted by Gasteiger charge is 2.24. The third-order valence-electron chi connectivity index (χ3n) is 3.41. The lowest BCUT2D eigenvalue weighted by Crippen LogP contribution is -2.36. The van der Waals surface area contributed by atoms with Gasteiger partial charge in [0.2, 0.25) is 0 Å². The number of hydrogen-bond donors (Lipinski definition) is 1. The van der Waals surface area contributed by atoms with Crippen molar-refractivity contribution < 1.29 is 0 Å². The second kappa shape index (κ2) is 5.22. The van der Waals surface area contributed by atoms with E-state index in [1.54, 1.807) is 12.1 Å². The van der Waals surface area contributed by atoms with Crippen molar-refractivity contribution in [3.8, 4) is 11.1 Å². The van der Waals surface area contributed by atoms with E-state index in [-0.39, 0.29) is 10.7 Å². The van der Waals surface area contributed by atoms with Crippen LogP contribution in [0, 0.1) is 5.92 Å². The third kappa shape index (κ3) is 2.60. The van der Waals surface area contributed by atoms with E-state index in [4.69, 9.17) is 11.6 Å². The topological polar surface area (TPSA) is 54.9 Å². The molecule has 1 aromatic carbocycles. The van der Waals surface area contributed by atoms with Crippen molar-refractivity contribution in [3.05, 3.63) is 54.7 Å². The number of aromatic nitrogens is 2. The Bertz CT molecular complexity index is 760. The van der Waals surface area contributed by atoms with Gasteiger partial charge in [-0.2, -0.15) is 0 Å². The van der Waals surface area contributed by atoms with E-state index in [2.05, 4.69) is 20.9 Å². The molecule has 1 N–H and O–H groups in total. The molecule has 0 atom stereocenters. The summed E-state index contributed by atoms with van der Waals surface area (Å²) in [5.41, 5.74) is 0.282. The van der Waals surface area contributed by atoms with E-state index in [0.29, 0.717) is 23.6 Å². The first-order valence-corrected chi connectivity index (χ1v) is 7.52. The van der Waals surface area contributed by atoms with E-state index in [1.165, 1.54) is 4.57 Å². The summed E-state index contributed by atoms with van der Waals surface area (Å²) in [5, 5.41) is 0.0920. The van der Waals surface area contributed by atoms with Crippen molar-refractivity contribution in [3.63, 3.8) is 0 Å². The fraction of sp³-hybridized carbons (Fsp3) is 0.286. The van der Waals surface area contributed by atoms with Crippen LogP contribution in [0.3, 0.4) is 0 Å². The molecule has 104 valence electrons. The number of rotatable bonds is 3. The molecule has 20 heavy (non-hydrogen) atoms. The minimum absolute atomic E-state index is 0.0920. The average molecular weight is 356 g/mol. The summed E-state index contributed by atoms with van der Waals surface area (Å²) in [4.78, 5) is 26.9. The highest BCUT2D eigenvalue weighted by atomic mass is 79.9. The Morgan fingerprint density at radius 2 is 1.90 bits per heavy atom. The quantitative estimate of drug-likeness (QED) is 0.861. The molecule has 0 radical (unpaired) electrons. The van der Waals surface area contributed by atoms with Gasteiger partial charge in [-0.1, -0.05) is 39.7 Å². The van der Waals surface area contributed by atoms with Crippen molar-refractivity contribution in [1.82, 2.24) is 9.55 Å². The second-order valence-corrected chi connectivity index (χ2v) is 6.28. The van der Waals surface area contributed by atoms with Gasteiger partial charge in [0.25, 0.3) is 5.56 Å². The fourth-order valence-corrected chi connectivity index (χ4v) is 2.67. The number of aromatic amines is 1. The summed E-state index contributed by atoms with van der Waals surface area (Å²) in [5.74, 6) is 0.438. The molecule has 0 spiro atoms. The van der Waals surface area contributed by atoms with E-state index in [9.17, 15) is 9.59 Å². The fourth-order valence-electron chi connectivity index (χ4n) is 2.14. The molecule has 0 aliphatic heterocycles. The lowest BCUT2D eigenvalue weighted by molar-refractivity contribution is 0.576. The Balaban J connectivity index is 2.16. The average Bonchev–Trinajstić information content (AvgIpc) is 3.20. The molecule has 0 saturated heterocycles. The first-order chi connectivity index (χ1) is 9.56. The van der Waals surface area contributed by atoms with Crippen molar-refractivity contribution in [1.29, 1.82) is 0 Å². The maximum absolute atomic E-state index is 12.5. The monoisotopic (exact) mass is 354 g/mol. The van der Waals surface area contributed by atoms with Gasteiger partial charge >= 0.3 is 5.69 Å². The van der Waals surface area contributed by atoms with Crippen LogP contribution in [0.4, 0.5) is 0 Å². The number of nitrogens with one attached hydrogen (secondary N) is 1. The predicted octanol–water partition coefficient (Wildman–Crippen LogP) is 3.03. The van der Waals surface area contributed by atoms with Gasteiger partial charge in [0.15, 0.2) is 0 Å². The normalized spacial score (nSPS) is 14.5. The number of nitrogens with zero attached hydrogens (tertiary/aromatic N) is 1. The first-order valence-electron chi connectivity index (χ1n) is 6.35. The van der Waals surface area contributed by atoms with Gasteiger partial charge in [0.05, 0.1) is 5.56 Å². The Labute approximate surface area is 128 Å². The van der Waals surface area contributed by atoms with Crippen molar-refractivity contribution in [2.45, 2.75) is 19.4 Å². The summed E-state index contributed by atoms with van der Waals surface area (Å²) in [6, 6.07) is 7.27. The molecule has 0 unspecified atom stereocenters. The largest absolute Gasteiger partial charge is 0.329 e. The minimum Gasteiger partial charge on any atom is -0.297 e. The van der Waals surface area contributed by atoms with Crippen LogP contribution in [0.2, 0.25) is 5.15 Å². The van der Waals surface area contributed by atoms with Gasteiger partial charge < -0.3 is 0 Å². The van der Waals surface area contributed by atoms with Gasteiger partial charge in [0, 0.05) is 11.0 Å². The molecule has 1 aliphatic rings. The Kier molecular flexibility index (Phi) is 3.56. The summed E-state index contributed by atoms with van der Waals surface area (Å²) in [6.07, 6.45) is 2.14. The standard InChI is InChI=1S/C14H12BrClN2O2/c15-10-5-3-9(4-6-10)11-12(16)17-14(20)18(13(11)19)7-8-1-2-8/h3-6,8H,1-2,7H2,(H,17,20). The van der Waals surface area contributed by atoms with Gasteiger partial charge in [-0.3, -0.25) is 14.3 Å². The molecular formula is C14H12BrClN2O2. The highest BCUT2D eigenvalue weighted by molar-refractivity contribution is 9.10. The maximum Gasteiger partial charge on any atom is 0.329 e. The van der Waals surface area contributed by atoms with E-state index in [1.807, 2.05) is 12.1 Å². The zero-order valence-corrected chi connectivity index (χ0v) is 12.9. The van der Waals surface area contributed by atoms with Crippen LogP contribution >= 0.6 is 27.5 Å². The van der Waals surface area contributed by atoms with Crippen LogP contribution in [0.25, 0.3) is 11.1 Å². The first kappa shape index (κ1) is 13.6. The molecular weight excluding hydrogens is 344 g/mol. The Morgan fingerprint density at radius 1 is 1.25 bits per heavy atom. The summed E-state index contributed by atoms with van der Waals surface area (Å²) in [6.45, 7) is 0.467. The predicted molar refractivity (Wildman–Crippen MR) is 82.2 cm³/mol. The molecule has 1 aliphatic carbocycles. The zero-order valence-electron chi connectivity index (χ0n) is 10.5. The highest BCUT2D eigenvalue weighted by Crippen LogP contribution is 2.30. The number of H-pyrrole nitrogens is 1. The Morgan fingerprint density at radius 3 is 2.50 bits per heavy atom. The van der Waals surface area contributed by atoms with Crippen LogP contribution in [-0.4, -0.2) is 9.55 Å². The Hall–Kier alpha value is -1.33. The molecule has 3 rings (SSSR count). The van der Waals surface area contributed by atoms with Crippen molar-refractivity contribution in [2.24, 2.45) is 5.92 Å². The van der Waals surface area contributed by atoms with E-state index in [0.717, 1.165) is 17.3 Å². The number of hydrogen-bond acceptors (Lipinski definition) is 2.